The van der Waals surface area contributed by atoms with Gasteiger partial charge < -0.3 is 0 Å². The predicted octanol–water partition coefficient (Wildman–Crippen LogP) is 6.04. The molecule has 6 heteroatoms. The van der Waals surface area contributed by atoms with Gasteiger partial charge in [-0.15, -0.1) is 11.3 Å². The number of benzene rings is 2. The van der Waals surface area contributed by atoms with E-state index in [1.54, 1.807) is 28.5 Å². The third-order valence-electron chi connectivity index (χ3n) is 4.12. The summed E-state index contributed by atoms with van der Waals surface area (Å²) in [5, 5.41) is 8.91. The van der Waals surface area contributed by atoms with Gasteiger partial charge >= 0.3 is 0 Å². The molecule has 0 aliphatic carbocycles. The van der Waals surface area contributed by atoms with E-state index in [4.69, 9.17) is 11.6 Å². The van der Waals surface area contributed by atoms with E-state index in [2.05, 4.69) is 5.10 Å². The minimum Gasteiger partial charge on any atom is -0.254 e. The van der Waals surface area contributed by atoms with Crippen LogP contribution in [-0.4, -0.2) is 5.71 Å². The van der Waals surface area contributed by atoms with Crippen LogP contribution in [0.15, 0.2) is 65.1 Å². The van der Waals surface area contributed by atoms with E-state index in [0.717, 1.165) is 22.2 Å². The van der Waals surface area contributed by atoms with Crippen LogP contribution in [0.1, 0.15) is 22.9 Å². The van der Waals surface area contributed by atoms with Crippen molar-refractivity contribution in [2.75, 3.05) is 5.01 Å². The summed E-state index contributed by atoms with van der Waals surface area (Å²) in [6.07, 6.45) is 0.638. The van der Waals surface area contributed by atoms with Crippen molar-refractivity contribution < 1.29 is 8.78 Å². The molecule has 0 N–H and O–H groups in total. The van der Waals surface area contributed by atoms with Gasteiger partial charge in [0.1, 0.15) is 5.82 Å². The number of nitrogens with zero attached hydrogens (tertiary/aromatic N) is 2. The van der Waals surface area contributed by atoms with Crippen molar-refractivity contribution in [3.8, 4) is 0 Å². The zero-order chi connectivity index (χ0) is 17.4. The van der Waals surface area contributed by atoms with Gasteiger partial charge in [-0.25, -0.2) is 8.78 Å². The largest absolute Gasteiger partial charge is 0.254 e. The SMILES string of the molecule is Fc1ccc(N2N=C(c3ccc(Cl)cc3)CC2c2cccs2)c(F)c1. The monoisotopic (exact) mass is 374 g/mol. The first-order valence-electron chi connectivity index (χ1n) is 7.73. The first kappa shape index (κ1) is 16.2. The number of hydrogen-bond donors (Lipinski definition) is 0. The highest BCUT2D eigenvalue weighted by Crippen LogP contribution is 2.39. The number of thiophene rings is 1. The molecule has 126 valence electrons. The predicted molar refractivity (Wildman–Crippen MR) is 98.5 cm³/mol. The Bertz CT molecular complexity index is 923. The van der Waals surface area contributed by atoms with Gasteiger partial charge in [-0.2, -0.15) is 5.10 Å². The smallest absolute Gasteiger partial charge is 0.151 e. The van der Waals surface area contributed by atoms with Crippen molar-refractivity contribution in [1.82, 2.24) is 0 Å². The molecule has 25 heavy (non-hydrogen) atoms. The lowest BCUT2D eigenvalue weighted by atomic mass is 10.0. The summed E-state index contributed by atoms with van der Waals surface area (Å²) in [4.78, 5) is 1.08. The van der Waals surface area contributed by atoms with Crippen molar-refractivity contribution in [3.05, 3.63) is 87.1 Å². The summed E-state index contributed by atoms with van der Waals surface area (Å²) < 4.78 is 27.6. The Labute approximate surface area is 153 Å². The second-order valence-corrected chi connectivity index (χ2v) is 7.14. The van der Waals surface area contributed by atoms with Crippen LogP contribution < -0.4 is 5.01 Å². The highest BCUT2D eigenvalue weighted by molar-refractivity contribution is 7.10. The molecule has 0 fully saturated rings. The number of halogens is 3. The van der Waals surface area contributed by atoms with Gasteiger partial charge in [0.25, 0.3) is 0 Å². The van der Waals surface area contributed by atoms with Gasteiger partial charge in [0, 0.05) is 22.4 Å². The van der Waals surface area contributed by atoms with Crippen LogP contribution in [-0.2, 0) is 0 Å². The summed E-state index contributed by atoms with van der Waals surface area (Å²) in [5.74, 6) is -1.22. The zero-order valence-corrected chi connectivity index (χ0v) is 14.6. The van der Waals surface area contributed by atoms with Crippen LogP contribution in [0, 0.1) is 11.6 Å². The van der Waals surface area contributed by atoms with E-state index >= 15 is 0 Å². The minimum absolute atomic E-state index is 0.120. The summed E-state index contributed by atoms with van der Waals surface area (Å²) in [6.45, 7) is 0. The van der Waals surface area contributed by atoms with Crippen LogP contribution in [0.3, 0.4) is 0 Å². The van der Waals surface area contributed by atoms with E-state index in [1.165, 1.54) is 12.1 Å². The molecule has 2 heterocycles. The lowest BCUT2D eigenvalue weighted by molar-refractivity contribution is 0.574. The Kier molecular flexibility index (Phi) is 4.27. The van der Waals surface area contributed by atoms with E-state index in [-0.39, 0.29) is 11.7 Å². The molecule has 1 aromatic heterocycles. The molecule has 0 radical (unpaired) electrons. The standard InChI is InChI=1S/C19H13ClF2N2S/c20-13-5-3-12(4-6-13)16-11-18(19-2-1-9-25-19)24(23-16)17-8-7-14(21)10-15(17)22/h1-10,18H,11H2. The number of anilines is 1. The average Bonchev–Trinajstić information content (AvgIpc) is 3.24. The Balaban J connectivity index is 1.77. The maximum absolute atomic E-state index is 14.3. The van der Waals surface area contributed by atoms with Crippen LogP contribution in [0.25, 0.3) is 0 Å². The van der Waals surface area contributed by atoms with Gasteiger partial charge in [-0.05, 0) is 41.3 Å². The van der Waals surface area contributed by atoms with Gasteiger partial charge in [-0.1, -0.05) is 29.8 Å². The van der Waals surface area contributed by atoms with Crippen LogP contribution in [0.5, 0.6) is 0 Å². The summed E-state index contributed by atoms with van der Waals surface area (Å²) >= 11 is 7.55. The molecule has 4 rings (SSSR count). The first-order valence-corrected chi connectivity index (χ1v) is 8.99. The Morgan fingerprint density at radius 3 is 2.56 bits per heavy atom. The highest BCUT2D eigenvalue weighted by atomic mass is 35.5. The van der Waals surface area contributed by atoms with Gasteiger partial charge in [0.15, 0.2) is 5.82 Å². The molecule has 0 saturated heterocycles. The number of hydrogen-bond acceptors (Lipinski definition) is 3. The molecule has 1 aliphatic heterocycles. The molecule has 0 bridgehead atoms. The number of rotatable bonds is 3. The Morgan fingerprint density at radius 1 is 1.08 bits per heavy atom. The van der Waals surface area contributed by atoms with Crippen molar-refractivity contribution >= 4 is 34.3 Å². The van der Waals surface area contributed by atoms with Gasteiger partial charge in [0.05, 0.1) is 17.4 Å². The molecular formula is C19H13ClF2N2S. The maximum atomic E-state index is 14.3. The van der Waals surface area contributed by atoms with Gasteiger partial charge in [0.2, 0.25) is 0 Å². The molecule has 0 amide bonds. The molecule has 1 atom stereocenters. The molecule has 3 aromatic rings. The van der Waals surface area contributed by atoms with Gasteiger partial charge in [-0.3, -0.25) is 5.01 Å². The molecule has 2 nitrogen and oxygen atoms in total. The highest BCUT2D eigenvalue weighted by Gasteiger charge is 2.32. The summed E-state index contributed by atoms with van der Waals surface area (Å²) in [7, 11) is 0. The molecule has 1 aliphatic rings. The fourth-order valence-electron chi connectivity index (χ4n) is 2.92. The second kappa shape index (κ2) is 6.58. The fraction of sp³-hybridized carbons (Fsp3) is 0.105. The first-order chi connectivity index (χ1) is 12.1. The molecular weight excluding hydrogens is 362 g/mol. The Morgan fingerprint density at radius 2 is 1.88 bits per heavy atom. The van der Waals surface area contributed by atoms with E-state index in [1.807, 2.05) is 29.6 Å². The average molecular weight is 375 g/mol. The van der Waals surface area contributed by atoms with E-state index in [0.29, 0.717) is 11.4 Å². The molecule has 0 saturated carbocycles. The second-order valence-electron chi connectivity index (χ2n) is 5.73. The van der Waals surface area contributed by atoms with Crippen LogP contribution >= 0.6 is 22.9 Å². The topological polar surface area (TPSA) is 15.6 Å². The van der Waals surface area contributed by atoms with E-state index in [9.17, 15) is 8.78 Å². The maximum Gasteiger partial charge on any atom is 0.151 e. The normalized spacial score (nSPS) is 17.0. The molecule has 2 aromatic carbocycles. The third-order valence-corrected chi connectivity index (χ3v) is 5.34. The Hall–Kier alpha value is -2.24. The zero-order valence-electron chi connectivity index (χ0n) is 13.0. The quantitative estimate of drug-likeness (QED) is 0.546. The summed E-state index contributed by atoms with van der Waals surface area (Å²) in [6, 6.07) is 14.8. The molecule has 0 spiro atoms. The van der Waals surface area contributed by atoms with Crippen molar-refractivity contribution in [1.29, 1.82) is 0 Å². The third kappa shape index (κ3) is 3.17. The summed E-state index contributed by atoms with van der Waals surface area (Å²) in [5.41, 5.74) is 2.05. The van der Waals surface area contributed by atoms with Crippen LogP contribution in [0.4, 0.5) is 14.5 Å². The van der Waals surface area contributed by atoms with E-state index < -0.39 is 11.6 Å². The lowest BCUT2D eigenvalue weighted by Gasteiger charge is -2.23. The number of hydrazone groups is 1. The fourth-order valence-corrected chi connectivity index (χ4v) is 3.86. The molecule has 1 unspecified atom stereocenters. The van der Waals surface area contributed by atoms with Crippen molar-refractivity contribution in [3.63, 3.8) is 0 Å². The van der Waals surface area contributed by atoms with Crippen LogP contribution in [0.2, 0.25) is 5.02 Å². The lowest BCUT2D eigenvalue weighted by Crippen LogP contribution is -2.18. The van der Waals surface area contributed by atoms with Crippen molar-refractivity contribution in [2.45, 2.75) is 12.5 Å². The van der Waals surface area contributed by atoms with Crippen molar-refractivity contribution in [2.24, 2.45) is 5.10 Å². The minimum atomic E-state index is -0.623.